The van der Waals surface area contributed by atoms with E-state index in [1.807, 2.05) is 30.3 Å². The number of aliphatic hydroxyl groups is 1. The second-order valence-corrected chi connectivity index (χ2v) is 6.65. The fourth-order valence-corrected chi connectivity index (χ4v) is 3.21. The number of nitrogens with one attached hydrogen (secondary N) is 2. The van der Waals surface area contributed by atoms with Gasteiger partial charge in [-0.25, -0.2) is 0 Å². The number of aliphatic hydroxyl groups excluding tert-OH is 1. The smallest absolute Gasteiger partial charge is 0.191 e. The second kappa shape index (κ2) is 14.2. The molecule has 6 heteroatoms. The SMILES string of the molecule is CN=C(NCCCOC1CCCCC1)NCC(CO)c1ccccc1.I. The van der Waals surface area contributed by atoms with Crippen molar-refractivity contribution in [2.75, 3.05) is 33.4 Å². The van der Waals surface area contributed by atoms with Crippen molar-refractivity contribution in [3.8, 4) is 0 Å². The Morgan fingerprint density at radius 1 is 1.19 bits per heavy atom. The van der Waals surface area contributed by atoms with Gasteiger partial charge in [-0.3, -0.25) is 4.99 Å². The Bertz CT molecular complexity index is 493. The molecule has 0 bridgehead atoms. The third-order valence-electron chi connectivity index (χ3n) is 4.75. The third-order valence-corrected chi connectivity index (χ3v) is 4.75. The van der Waals surface area contributed by atoms with Crippen molar-refractivity contribution in [1.82, 2.24) is 10.6 Å². The molecule has 0 heterocycles. The molecule has 1 atom stereocenters. The molecule has 1 fully saturated rings. The minimum absolute atomic E-state index is 0. The van der Waals surface area contributed by atoms with E-state index in [1.165, 1.54) is 32.1 Å². The minimum atomic E-state index is 0. The quantitative estimate of drug-likeness (QED) is 0.222. The Morgan fingerprint density at radius 2 is 1.92 bits per heavy atom. The Balaban J connectivity index is 0.00000338. The van der Waals surface area contributed by atoms with Crippen molar-refractivity contribution in [2.45, 2.75) is 50.5 Å². The molecule has 0 amide bonds. The predicted octanol–water partition coefficient (Wildman–Crippen LogP) is 3.28. The number of guanidine groups is 1. The summed E-state index contributed by atoms with van der Waals surface area (Å²) in [5.74, 6) is 0.835. The van der Waals surface area contributed by atoms with Gasteiger partial charge >= 0.3 is 0 Å². The van der Waals surface area contributed by atoms with Crippen molar-refractivity contribution in [3.63, 3.8) is 0 Å². The summed E-state index contributed by atoms with van der Waals surface area (Å²) < 4.78 is 5.94. The fourth-order valence-electron chi connectivity index (χ4n) is 3.21. The summed E-state index contributed by atoms with van der Waals surface area (Å²) in [5, 5.41) is 16.2. The highest BCUT2D eigenvalue weighted by atomic mass is 127. The van der Waals surface area contributed by atoms with Gasteiger partial charge in [0.1, 0.15) is 0 Å². The first-order valence-corrected chi connectivity index (χ1v) is 9.55. The first kappa shape index (κ1) is 23.2. The van der Waals surface area contributed by atoms with E-state index < -0.39 is 0 Å². The van der Waals surface area contributed by atoms with Crippen molar-refractivity contribution in [1.29, 1.82) is 0 Å². The zero-order valence-corrected chi connectivity index (χ0v) is 18.2. The van der Waals surface area contributed by atoms with Crippen LogP contribution in [0.4, 0.5) is 0 Å². The molecule has 1 aromatic carbocycles. The lowest BCUT2D eigenvalue weighted by atomic mass is 9.98. The van der Waals surface area contributed by atoms with Crippen LogP contribution in [0, 0.1) is 0 Å². The lowest BCUT2D eigenvalue weighted by Crippen LogP contribution is -2.40. The molecule has 5 nitrogen and oxygen atoms in total. The number of benzene rings is 1. The van der Waals surface area contributed by atoms with Gasteiger partial charge in [-0.2, -0.15) is 0 Å². The van der Waals surface area contributed by atoms with Gasteiger partial charge in [0.2, 0.25) is 0 Å². The normalized spacial score (nSPS) is 16.6. The van der Waals surface area contributed by atoms with E-state index >= 15 is 0 Å². The molecule has 1 saturated carbocycles. The molecular formula is C20H34IN3O2. The zero-order chi connectivity index (χ0) is 17.7. The highest BCUT2D eigenvalue weighted by Gasteiger charge is 2.13. The van der Waals surface area contributed by atoms with Crippen molar-refractivity contribution in [3.05, 3.63) is 35.9 Å². The lowest BCUT2D eigenvalue weighted by Gasteiger charge is -2.22. The second-order valence-electron chi connectivity index (χ2n) is 6.65. The van der Waals surface area contributed by atoms with Crippen LogP contribution < -0.4 is 10.6 Å². The average Bonchev–Trinajstić information content (AvgIpc) is 2.68. The van der Waals surface area contributed by atoms with Gasteiger partial charge in [0, 0.05) is 32.7 Å². The molecule has 0 aliphatic heterocycles. The molecule has 1 unspecified atom stereocenters. The van der Waals surface area contributed by atoms with Crippen molar-refractivity contribution in [2.24, 2.45) is 4.99 Å². The van der Waals surface area contributed by atoms with E-state index in [0.717, 1.165) is 31.1 Å². The summed E-state index contributed by atoms with van der Waals surface area (Å²) in [6.07, 6.45) is 7.87. The van der Waals surface area contributed by atoms with Crippen LogP contribution in [0.25, 0.3) is 0 Å². The van der Waals surface area contributed by atoms with E-state index in [-0.39, 0.29) is 36.5 Å². The molecule has 1 aliphatic carbocycles. The number of ether oxygens (including phenoxy) is 1. The van der Waals surface area contributed by atoms with Crippen LogP contribution >= 0.6 is 24.0 Å². The van der Waals surface area contributed by atoms with Crippen LogP contribution in [-0.4, -0.2) is 50.5 Å². The summed E-state index contributed by atoms with van der Waals surface area (Å²) in [5.41, 5.74) is 1.13. The summed E-state index contributed by atoms with van der Waals surface area (Å²) in [6, 6.07) is 10.1. The monoisotopic (exact) mass is 475 g/mol. The number of hydrogen-bond donors (Lipinski definition) is 3. The first-order valence-electron chi connectivity index (χ1n) is 9.55. The van der Waals surface area contributed by atoms with E-state index in [9.17, 15) is 5.11 Å². The van der Waals surface area contributed by atoms with Crippen LogP contribution in [0.2, 0.25) is 0 Å². The number of rotatable bonds is 9. The number of nitrogens with zero attached hydrogens (tertiary/aromatic N) is 1. The standard InChI is InChI=1S/C20H33N3O2.HI/c1-21-20(22-13-8-14-25-19-11-6-3-7-12-19)23-15-18(16-24)17-9-4-2-5-10-17;/h2,4-5,9-10,18-19,24H,3,6-8,11-16H2,1H3,(H2,21,22,23);1H. The molecule has 0 radical (unpaired) electrons. The Morgan fingerprint density at radius 3 is 2.58 bits per heavy atom. The molecule has 0 aromatic heterocycles. The van der Waals surface area contributed by atoms with Crippen LogP contribution in [0.5, 0.6) is 0 Å². The Kier molecular flexibility index (Phi) is 12.7. The van der Waals surface area contributed by atoms with Gasteiger partial charge in [-0.1, -0.05) is 49.6 Å². The van der Waals surface area contributed by atoms with E-state index in [0.29, 0.717) is 12.6 Å². The molecule has 2 rings (SSSR count). The summed E-state index contributed by atoms with van der Waals surface area (Å²) >= 11 is 0. The summed E-state index contributed by atoms with van der Waals surface area (Å²) in [6.45, 7) is 2.40. The van der Waals surface area contributed by atoms with Gasteiger partial charge < -0.3 is 20.5 Å². The average molecular weight is 475 g/mol. The Hall–Kier alpha value is -0.860. The van der Waals surface area contributed by atoms with Crippen LogP contribution in [0.1, 0.15) is 50.0 Å². The molecular weight excluding hydrogens is 441 g/mol. The highest BCUT2D eigenvalue weighted by molar-refractivity contribution is 14.0. The largest absolute Gasteiger partial charge is 0.396 e. The van der Waals surface area contributed by atoms with Gasteiger partial charge in [0.25, 0.3) is 0 Å². The molecule has 1 aliphatic rings. The van der Waals surface area contributed by atoms with Crippen LogP contribution in [-0.2, 0) is 4.74 Å². The maximum absolute atomic E-state index is 9.62. The van der Waals surface area contributed by atoms with Gasteiger partial charge in [-0.15, -0.1) is 24.0 Å². The molecule has 26 heavy (non-hydrogen) atoms. The molecule has 1 aromatic rings. The number of hydrogen-bond acceptors (Lipinski definition) is 3. The first-order chi connectivity index (χ1) is 12.3. The van der Waals surface area contributed by atoms with Crippen molar-refractivity contribution < 1.29 is 9.84 Å². The minimum Gasteiger partial charge on any atom is -0.396 e. The molecule has 0 saturated heterocycles. The highest BCUT2D eigenvalue weighted by Crippen LogP contribution is 2.20. The lowest BCUT2D eigenvalue weighted by molar-refractivity contribution is 0.0277. The van der Waals surface area contributed by atoms with E-state index in [2.05, 4.69) is 15.6 Å². The molecule has 148 valence electrons. The fraction of sp³-hybridized carbons (Fsp3) is 0.650. The number of halogens is 1. The van der Waals surface area contributed by atoms with Gasteiger partial charge in [-0.05, 0) is 24.8 Å². The third kappa shape index (κ3) is 8.68. The van der Waals surface area contributed by atoms with Crippen LogP contribution in [0.15, 0.2) is 35.3 Å². The zero-order valence-electron chi connectivity index (χ0n) is 15.8. The number of aliphatic imine (C=N–C) groups is 1. The van der Waals surface area contributed by atoms with Gasteiger partial charge in [0.05, 0.1) is 12.7 Å². The van der Waals surface area contributed by atoms with Crippen molar-refractivity contribution >= 4 is 29.9 Å². The van der Waals surface area contributed by atoms with Gasteiger partial charge in [0.15, 0.2) is 5.96 Å². The Labute approximate surface area is 175 Å². The van der Waals surface area contributed by atoms with E-state index in [1.54, 1.807) is 7.05 Å². The van der Waals surface area contributed by atoms with E-state index in [4.69, 9.17) is 4.74 Å². The topological polar surface area (TPSA) is 65.9 Å². The molecule has 0 spiro atoms. The summed E-state index contributed by atoms with van der Waals surface area (Å²) in [7, 11) is 1.77. The maximum Gasteiger partial charge on any atom is 0.191 e. The van der Waals surface area contributed by atoms with Crippen LogP contribution in [0.3, 0.4) is 0 Å². The predicted molar refractivity (Wildman–Crippen MR) is 118 cm³/mol. The summed E-state index contributed by atoms with van der Waals surface area (Å²) in [4.78, 5) is 4.25. The molecule has 3 N–H and O–H groups in total. The maximum atomic E-state index is 9.62.